The third-order valence-corrected chi connectivity index (χ3v) is 4.55. The number of rotatable bonds is 8. The summed E-state index contributed by atoms with van der Waals surface area (Å²) < 4.78 is 20.6. The Labute approximate surface area is 160 Å². The lowest BCUT2D eigenvalue weighted by molar-refractivity contribution is -0.142. The number of aromatic nitrogens is 2. The van der Waals surface area contributed by atoms with Gasteiger partial charge < -0.3 is 18.7 Å². The summed E-state index contributed by atoms with van der Waals surface area (Å²) in [5.41, 5.74) is 0.755. The minimum absolute atomic E-state index is 0.0705. The second-order valence-corrected chi connectivity index (χ2v) is 6.42. The van der Waals surface area contributed by atoms with Crippen LogP contribution in [0, 0.1) is 0 Å². The van der Waals surface area contributed by atoms with Crippen LogP contribution in [-0.4, -0.2) is 36.1 Å². The first-order valence-electron chi connectivity index (χ1n) is 8.07. The van der Waals surface area contributed by atoms with Gasteiger partial charge in [0.05, 0.1) is 20.0 Å². The molecular weight excluding hydrogens is 368 g/mol. The third kappa shape index (κ3) is 5.24. The molecule has 0 unspecified atom stereocenters. The van der Waals surface area contributed by atoms with Crippen molar-refractivity contribution in [2.24, 2.45) is 0 Å². The number of hydrogen-bond acceptors (Lipinski definition) is 8. The number of ether oxygens (including phenoxy) is 3. The molecule has 0 aliphatic heterocycles. The summed E-state index contributed by atoms with van der Waals surface area (Å²) in [4.78, 5) is 17.1. The smallest absolute Gasteiger partial charge is 0.316 e. The number of methoxy groups -OCH3 is 2. The summed E-state index contributed by atoms with van der Waals surface area (Å²) in [6, 6.07) is 14.7. The predicted octanol–water partition coefficient (Wildman–Crippen LogP) is 3.59. The van der Waals surface area contributed by atoms with Gasteiger partial charge in [-0.2, -0.15) is 4.98 Å². The molecule has 7 nitrogen and oxygen atoms in total. The number of carbonyl (C=O) groups is 1. The molecule has 0 saturated carbocycles. The van der Waals surface area contributed by atoms with Crippen LogP contribution in [0.4, 0.5) is 0 Å². The molecule has 0 aliphatic rings. The Hall–Kier alpha value is -3.00. The maximum atomic E-state index is 11.9. The molecule has 2 aromatic carbocycles. The van der Waals surface area contributed by atoms with Gasteiger partial charge in [-0.15, -0.1) is 11.8 Å². The van der Waals surface area contributed by atoms with E-state index in [1.807, 2.05) is 42.5 Å². The Kier molecular flexibility index (Phi) is 6.32. The van der Waals surface area contributed by atoms with E-state index in [9.17, 15) is 4.79 Å². The average molecular weight is 386 g/mol. The lowest BCUT2D eigenvalue weighted by atomic mass is 10.2. The van der Waals surface area contributed by atoms with Crippen molar-refractivity contribution in [3.8, 4) is 22.9 Å². The average Bonchev–Trinajstić information content (AvgIpc) is 3.20. The summed E-state index contributed by atoms with van der Waals surface area (Å²) in [6.45, 7) is -0.0705. The number of thioether (sulfide) groups is 1. The SMILES string of the molecule is COc1ccc(SCC(=O)OCc2nc(-c3cccc(OC)c3)no2)cc1. The van der Waals surface area contributed by atoms with Crippen molar-refractivity contribution in [2.75, 3.05) is 20.0 Å². The minimum atomic E-state index is -0.364. The first-order chi connectivity index (χ1) is 13.2. The van der Waals surface area contributed by atoms with E-state index in [4.69, 9.17) is 18.7 Å². The Bertz CT molecular complexity index is 895. The van der Waals surface area contributed by atoms with E-state index in [2.05, 4.69) is 10.1 Å². The van der Waals surface area contributed by atoms with Gasteiger partial charge in [-0.05, 0) is 36.4 Å². The lowest BCUT2D eigenvalue weighted by Crippen LogP contribution is -2.07. The van der Waals surface area contributed by atoms with Gasteiger partial charge in [0.25, 0.3) is 5.89 Å². The molecule has 1 aromatic heterocycles. The van der Waals surface area contributed by atoms with Crippen LogP contribution in [0.5, 0.6) is 11.5 Å². The molecule has 0 amide bonds. The van der Waals surface area contributed by atoms with Crippen LogP contribution < -0.4 is 9.47 Å². The first kappa shape index (κ1) is 18.8. The number of carbonyl (C=O) groups excluding carboxylic acids is 1. The zero-order valence-electron chi connectivity index (χ0n) is 14.9. The van der Waals surface area contributed by atoms with Crippen LogP contribution in [0.1, 0.15) is 5.89 Å². The zero-order chi connectivity index (χ0) is 19.1. The van der Waals surface area contributed by atoms with Gasteiger partial charge in [-0.1, -0.05) is 17.3 Å². The standard InChI is InChI=1S/C19H18N2O5S/c1-23-14-6-8-16(9-7-14)27-12-18(22)25-11-17-20-19(21-26-17)13-4-3-5-15(10-13)24-2/h3-10H,11-12H2,1-2H3. The third-order valence-electron chi connectivity index (χ3n) is 3.57. The normalized spacial score (nSPS) is 10.4. The maximum Gasteiger partial charge on any atom is 0.316 e. The Morgan fingerprint density at radius 2 is 1.85 bits per heavy atom. The van der Waals surface area contributed by atoms with Gasteiger partial charge in [0.15, 0.2) is 6.61 Å². The van der Waals surface area contributed by atoms with Gasteiger partial charge in [-0.25, -0.2) is 0 Å². The van der Waals surface area contributed by atoms with E-state index < -0.39 is 0 Å². The molecule has 1 heterocycles. The summed E-state index contributed by atoms with van der Waals surface area (Å²) in [5, 5.41) is 3.90. The fraction of sp³-hybridized carbons (Fsp3) is 0.211. The second-order valence-electron chi connectivity index (χ2n) is 5.37. The molecule has 0 aliphatic carbocycles. The molecule has 3 aromatic rings. The van der Waals surface area contributed by atoms with E-state index in [0.29, 0.717) is 11.6 Å². The van der Waals surface area contributed by atoms with Crippen LogP contribution in [-0.2, 0) is 16.1 Å². The molecule has 0 spiro atoms. The van der Waals surface area contributed by atoms with Crippen LogP contribution in [0.3, 0.4) is 0 Å². The monoisotopic (exact) mass is 386 g/mol. The van der Waals surface area contributed by atoms with Crippen molar-refractivity contribution < 1.29 is 23.5 Å². The minimum Gasteiger partial charge on any atom is -0.497 e. The van der Waals surface area contributed by atoms with E-state index in [1.54, 1.807) is 20.3 Å². The highest BCUT2D eigenvalue weighted by atomic mass is 32.2. The van der Waals surface area contributed by atoms with Crippen molar-refractivity contribution in [1.82, 2.24) is 10.1 Å². The highest BCUT2D eigenvalue weighted by Gasteiger charge is 2.12. The fourth-order valence-corrected chi connectivity index (χ4v) is 2.89. The largest absolute Gasteiger partial charge is 0.497 e. The molecule has 0 atom stereocenters. The van der Waals surface area contributed by atoms with Gasteiger partial charge in [0, 0.05) is 10.5 Å². The molecule has 0 fully saturated rings. The molecule has 0 radical (unpaired) electrons. The molecule has 8 heteroatoms. The number of benzene rings is 2. The highest BCUT2D eigenvalue weighted by Crippen LogP contribution is 2.22. The predicted molar refractivity (Wildman–Crippen MR) is 99.8 cm³/mol. The summed E-state index contributed by atoms with van der Waals surface area (Å²) in [7, 11) is 3.20. The number of hydrogen-bond donors (Lipinski definition) is 0. The molecule has 3 rings (SSSR count). The maximum absolute atomic E-state index is 11.9. The molecular formula is C19H18N2O5S. The lowest BCUT2D eigenvalue weighted by Gasteiger charge is -2.03. The van der Waals surface area contributed by atoms with Crippen LogP contribution in [0.25, 0.3) is 11.4 Å². The summed E-state index contributed by atoms with van der Waals surface area (Å²) in [5.74, 6) is 1.93. The molecule has 27 heavy (non-hydrogen) atoms. The second kappa shape index (κ2) is 9.09. The first-order valence-corrected chi connectivity index (χ1v) is 9.06. The molecule has 0 N–H and O–H groups in total. The number of nitrogens with zero attached hydrogens (tertiary/aromatic N) is 2. The molecule has 0 bridgehead atoms. The van der Waals surface area contributed by atoms with Gasteiger partial charge in [0.1, 0.15) is 11.5 Å². The van der Waals surface area contributed by atoms with Crippen LogP contribution in [0.15, 0.2) is 57.9 Å². The summed E-state index contributed by atoms with van der Waals surface area (Å²) >= 11 is 1.38. The summed E-state index contributed by atoms with van der Waals surface area (Å²) in [6.07, 6.45) is 0. The van der Waals surface area contributed by atoms with E-state index in [0.717, 1.165) is 16.2 Å². The van der Waals surface area contributed by atoms with E-state index in [-0.39, 0.29) is 24.2 Å². The van der Waals surface area contributed by atoms with E-state index >= 15 is 0 Å². The molecule has 0 saturated heterocycles. The van der Waals surface area contributed by atoms with E-state index in [1.165, 1.54) is 11.8 Å². The topological polar surface area (TPSA) is 83.7 Å². The zero-order valence-corrected chi connectivity index (χ0v) is 15.7. The van der Waals surface area contributed by atoms with Crippen molar-refractivity contribution in [3.05, 3.63) is 54.4 Å². The molecule has 140 valence electrons. The Morgan fingerprint density at radius 3 is 2.59 bits per heavy atom. The Morgan fingerprint density at radius 1 is 1.07 bits per heavy atom. The van der Waals surface area contributed by atoms with Gasteiger partial charge in [-0.3, -0.25) is 4.79 Å². The number of esters is 1. The van der Waals surface area contributed by atoms with Crippen molar-refractivity contribution in [2.45, 2.75) is 11.5 Å². The quantitative estimate of drug-likeness (QED) is 0.429. The van der Waals surface area contributed by atoms with Crippen LogP contribution >= 0.6 is 11.8 Å². The van der Waals surface area contributed by atoms with Gasteiger partial charge in [0.2, 0.25) is 5.82 Å². The van der Waals surface area contributed by atoms with Crippen molar-refractivity contribution in [3.63, 3.8) is 0 Å². The highest BCUT2D eigenvalue weighted by molar-refractivity contribution is 8.00. The fourth-order valence-electron chi connectivity index (χ4n) is 2.19. The van der Waals surface area contributed by atoms with Crippen molar-refractivity contribution in [1.29, 1.82) is 0 Å². The van der Waals surface area contributed by atoms with Gasteiger partial charge >= 0.3 is 5.97 Å². The van der Waals surface area contributed by atoms with Crippen LogP contribution in [0.2, 0.25) is 0 Å². The Balaban J connectivity index is 1.49. The van der Waals surface area contributed by atoms with Crippen molar-refractivity contribution >= 4 is 17.7 Å².